The minimum absolute atomic E-state index is 0.160. The van der Waals surface area contributed by atoms with Gasteiger partial charge in [0.25, 0.3) is 10.1 Å². The molecule has 0 aromatic heterocycles. The van der Waals surface area contributed by atoms with Crippen LogP contribution in [0.2, 0.25) is 0 Å². The van der Waals surface area contributed by atoms with Crippen molar-refractivity contribution in [2.45, 2.75) is 40.0 Å². The van der Waals surface area contributed by atoms with Crippen molar-refractivity contribution in [3.05, 3.63) is 0 Å². The number of hydrogen-bond acceptors (Lipinski definition) is 3. The van der Waals surface area contributed by atoms with E-state index < -0.39 is 10.1 Å². The van der Waals surface area contributed by atoms with Crippen molar-refractivity contribution in [3.8, 4) is 0 Å². The molecule has 0 radical (unpaired) electrons. The van der Waals surface area contributed by atoms with Gasteiger partial charge in [0.1, 0.15) is 0 Å². The Morgan fingerprint density at radius 3 is 2.31 bits per heavy atom. The Labute approximate surface area is 81.6 Å². The number of hydrogen-bond donors (Lipinski definition) is 0. The third-order valence-corrected chi connectivity index (χ3v) is 2.86. The molecule has 0 aromatic carbocycles. The Hall–Kier alpha value is -0.0900. The normalized spacial score (nSPS) is 12.3. The Morgan fingerprint density at radius 2 is 1.85 bits per heavy atom. The summed E-state index contributed by atoms with van der Waals surface area (Å²) in [5.74, 6) is 0.425. The van der Waals surface area contributed by atoms with Crippen LogP contribution in [-0.2, 0) is 14.3 Å². The zero-order chi connectivity index (χ0) is 10.3. The molecule has 0 aliphatic rings. The molecule has 0 spiro atoms. The molecule has 80 valence electrons. The van der Waals surface area contributed by atoms with Crippen LogP contribution in [0, 0.1) is 5.92 Å². The Kier molecular flexibility index (Phi) is 6.33. The van der Waals surface area contributed by atoms with Crippen LogP contribution in [0.5, 0.6) is 0 Å². The first kappa shape index (κ1) is 12.9. The second-order valence-corrected chi connectivity index (χ2v) is 5.41. The summed E-state index contributed by atoms with van der Waals surface area (Å²) in [4.78, 5) is 0. The van der Waals surface area contributed by atoms with Crippen LogP contribution in [0.4, 0.5) is 0 Å². The maximum Gasteiger partial charge on any atom is 0.267 e. The lowest BCUT2D eigenvalue weighted by atomic mass is 10.2. The molecule has 13 heavy (non-hydrogen) atoms. The molecule has 0 heterocycles. The van der Waals surface area contributed by atoms with Crippen molar-refractivity contribution in [1.29, 1.82) is 0 Å². The van der Waals surface area contributed by atoms with E-state index in [0.29, 0.717) is 13.0 Å². The van der Waals surface area contributed by atoms with Crippen molar-refractivity contribution in [2.75, 3.05) is 12.4 Å². The Morgan fingerprint density at radius 1 is 1.23 bits per heavy atom. The topological polar surface area (TPSA) is 43.4 Å². The molecular weight excluding hydrogens is 188 g/mol. The Balaban J connectivity index is 3.68. The molecule has 0 bridgehead atoms. The van der Waals surface area contributed by atoms with E-state index >= 15 is 0 Å². The molecule has 0 N–H and O–H groups in total. The van der Waals surface area contributed by atoms with Gasteiger partial charge in [-0.15, -0.1) is 0 Å². The van der Waals surface area contributed by atoms with Gasteiger partial charge in [0.15, 0.2) is 0 Å². The molecule has 4 heteroatoms. The van der Waals surface area contributed by atoms with Gasteiger partial charge < -0.3 is 0 Å². The van der Waals surface area contributed by atoms with Crippen molar-refractivity contribution < 1.29 is 12.6 Å². The summed E-state index contributed by atoms with van der Waals surface area (Å²) >= 11 is 0. The lowest BCUT2D eigenvalue weighted by Crippen LogP contribution is -2.14. The first-order valence-electron chi connectivity index (χ1n) is 4.85. The smallest absolute Gasteiger partial charge is 0.267 e. The summed E-state index contributed by atoms with van der Waals surface area (Å²) in [6, 6.07) is 0. The molecule has 0 atom stereocenters. The van der Waals surface area contributed by atoms with Crippen LogP contribution < -0.4 is 0 Å². The fourth-order valence-electron chi connectivity index (χ4n) is 0.828. The van der Waals surface area contributed by atoms with E-state index in [1.54, 1.807) is 0 Å². The maximum absolute atomic E-state index is 11.2. The fraction of sp³-hybridized carbons (Fsp3) is 1.00. The number of unbranched alkanes of at least 4 members (excludes halogenated alkanes) is 2. The van der Waals surface area contributed by atoms with E-state index in [2.05, 4.69) is 0 Å². The molecule has 0 unspecified atom stereocenters. The highest BCUT2D eigenvalue weighted by Crippen LogP contribution is 2.03. The first-order chi connectivity index (χ1) is 5.98. The fourth-order valence-corrected chi connectivity index (χ4v) is 1.98. The van der Waals surface area contributed by atoms with Gasteiger partial charge in [-0.3, -0.25) is 4.18 Å². The highest BCUT2D eigenvalue weighted by atomic mass is 32.2. The summed E-state index contributed by atoms with van der Waals surface area (Å²) in [6.45, 7) is 6.21. The predicted molar refractivity (Wildman–Crippen MR) is 54.1 cm³/mol. The van der Waals surface area contributed by atoms with Crippen LogP contribution in [-0.4, -0.2) is 20.8 Å². The average Bonchev–Trinajstić information content (AvgIpc) is 2.02. The van der Waals surface area contributed by atoms with Gasteiger partial charge in [-0.1, -0.05) is 33.6 Å². The second-order valence-electron chi connectivity index (χ2n) is 3.65. The largest absolute Gasteiger partial charge is 0.270 e. The van der Waals surface area contributed by atoms with E-state index in [1.807, 2.05) is 20.8 Å². The summed E-state index contributed by atoms with van der Waals surface area (Å²) in [5, 5.41) is 0. The summed E-state index contributed by atoms with van der Waals surface area (Å²) in [5.41, 5.74) is 0. The highest BCUT2D eigenvalue weighted by molar-refractivity contribution is 7.86. The predicted octanol–water partition coefficient (Wildman–Crippen LogP) is 2.18. The SMILES string of the molecule is CCCCCS(=O)(=O)OCC(C)C. The molecule has 0 saturated carbocycles. The van der Waals surface area contributed by atoms with E-state index in [9.17, 15) is 8.42 Å². The van der Waals surface area contributed by atoms with Gasteiger partial charge in [0.05, 0.1) is 12.4 Å². The van der Waals surface area contributed by atoms with Gasteiger partial charge in [-0.05, 0) is 12.3 Å². The third-order valence-electron chi connectivity index (χ3n) is 1.58. The lowest BCUT2D eigenvalue weighted by molar-refractivity contribution is 0.275. The van der Waals surface area contributed by atoms with Gasteiger partial charge in [0.2, 0.25) is 0 Å². The quantitative estimate of drug-likeness (QED) is 0.476. The van der Waals surface area contributed by atoms with Crippen LogP contribution in [0.25, 0.3) is 0 Å². The second kappa shape index (κ2) is 6.38. The zero-order valence-electron chi connectivity index (χ0n) is 8.75. The average molecular weight is 208 g/mol. The standard InChI is InChI=1S/C9H20O3S/c1-4-5-6-7-13(10,11)12-8-9(2)3/h9H,4-8H2,1-3H3. The van der Waals surface area contributed by atoms with Gasteiger partial charge in [0, 0.05) is 0 Å². The van der Waals surface area contributed by atoms with Crippen molar-refractivity contribution in [2.24, 2.45) is 5.92 Å². The molecule has 0 amide bonds. The molecule has 0 aromatic rings. The van der Waals surface area contributed by atoms with Crippen LogP contribution in [0.1, 0.15) is 40.0 Å². The van der Waals surface area contributed by atoms with Crippen molar-refractivity contribution in [1.82, 2.24) is 0 Å². The summed E-state index contributed by atoms with van der Waals surface area (Å²) in [7, 11) is -3.25. The number of rotatable bonds is 7. The molecule has 0 rings (SSSR count). The van der Waals surface area contributed by atoms with E-state index in [0.717, 1.165) is 12.8 Å². The third kappa shape index (κ3) is 8.25. The monoisotopic (exact) mass is 208 g/mol. The molecule has 3 nitrogen and oxygen atoms in total. The molecular formula is C9H20O3S. The molecule has 0 saturated heterocycles. The summed E-state index contributed by atoms with van der Waals surface area (Å²) < 4.78 is 27.2. The molecule has 0 aliphatic heterocycles. The maximum atomic E-state index is 11.2. The molecule has 0 aliphatic carbocycles. The van der Waals surface area contributed by atoms with E-state index in [-0.39, 0.29) is 11.7 Å². The van der Waals surface area contributed by atoms with Gasteiger partial charge in [-0.2, -0.15) is 8.42 Å². The van der Waals surface area contributed by atoms with E-state index in [4.69, 9.17) is 4.18 Å². The highest BCUT2D eigenvalue weighted by Gasteiger charge is 2.10. The van der Waals surface area contributed by atoms with Crippen LogP contribution in [0.3, 0.4) is 0 Å². The van der Waals surface area contributed by atoms with Gasteiger partial charge in [-0.25, -0.2) is 0 Å². The molecule has 0 fully saturated rings. The van der Waals surface area contributed by atoms with Crippen molar-refractivity contribution in [3.63, 3.8) is 0 Å². The lowest BCUT2D eigenvalue weighted by Gasteiger charge is -2.06. The van der Waals surface area contributed by atoms with Gasteiger partial charge >= 0.3 is 0 Å². The van der Waals surface area contributed by atoms with E-state index in [1.165, 1.54) is 0 Å². The zero-order valence-corrected chi connectivity index (χ0v) is 9.56. The van der Waals surface area contributed by atoms with Crippen LogP contribution >= 0.6 is 0 Å². The first-order valence-corrected chi connectivity index (χ1v) is 6.42. The summed E-state index contributed by atoms with van der Waals surface area (Å²) in [6.07, 6.45) is 2.68. The minimum atomic E-state index is -3.25. The van der Waals surface area contributed by atoms with Crippen molar-refractivity contribution >= 4 is 10.1 Å². The Bertz CT molecular complexity index is 207. The minimum Gasteiger partial charge on any atom is -0.270 e. The van der Waals surface area contributed by atoms with Crippen LogP contribution in [0.15, 0.2) is 0 Å².